The summed E-state index contributed by atoms with van der Waals surface area (Å²) in [7, 11) is 3.32. The number of aromatic amines is 1. The normalized spacial score (nSPS) is 17.2. The SMILES string of the molecule is COc1ccc(CN2CCc3c(nc(C4CC4)[nH]c3=O)C2)c(OC)c1. The van der Waals surface area contributed by atoms with Gasteiger partial charge in [0.05, 0.1) is 19.9 Å². The van der Waals surface area contributed by atoms with Crippen LogP contribution in [0.15, 0.2) is 23.0 Å². The smallest absolute Gasteiger partial charge is 0.254 e. The van der Waals surface area contributed by atoms with Crippen LogP contribution in [0.25, 0.3) is 0 Å². The summed E-state index contributed by atoms with van der Waals surface area (Å²) in [5, 5.41) is 0. The standard InChI is InChI=1S/C19H23N3O3/c1-24-14-6-5-13(17(9-14)25-2)10-22-8-7-15-16(11-22)20-18(12-3-4-12)21-19(15)23/h5-6,9,12H,3-4,7-8,10-11H2,1-2H3,(H,20,21,23). The van der Waals surface area contributed by atoms with Gasteiger partial charge in [-0.3, -0.25) is 9.69 Å². The van der Waals surface area contributed by atoms with Gasteiger partial charge in [-0.1, -0.05) is 6.07 Å². The van der Waals surface area contributed by atoms with Gasteiger partial charge in [-0.05, 0) is 25.3 Å². The molecule has 4 rings (SSSR count). The van der Waals surface area contributed by atoms with Crippen molar-refractivity contribution in [2.45, 2.75) is 38.3 Å². The van der Waals surface area contributed by atoms with Gasteiger partial charge in [-0.2, -0.15) is 0 Å². The summed E-state index contributed by atoms with van der Waals surface area (Å²) in [5.41, 5.74) is 2.94. The summed E-state index contributed by atoms with van der Waals surface area (Å²) < 4.78 is 10.8. The molecule has 1 saturated carbocycles. The van der Waals surface area contributed by atoms with Gasteiger partial charge in [0.25, 0.3) is 5.56 Å². The lowest BCUT2D eigenvalue weighted by atomic mass is 10.0. The van der Waals surface area contributed by atoms with Crippen LogP contribution in [0.1, 0.15) is 41.4 Å². The Hall–Kier alpha value is -2.34. The minimum absolute atomic E-state index is 0.0496. The highest BCUT2D eigenvalue weighted by Gasteiger charge is 2.29. The van der Waals surface area contributed by atoms with Gasteiger partial charge >= 0.3 is 0 Å². The molecule has 6 nitrogen and oxygen atoms in total. The number of benzene rings is 1. The first kappa shape index (κ1) is 16.1. The quantitative estimate of drug-likeness (QED) is 0.903. The second kappa shape index (κ2) is 6.52. The molecule has 1 aromatic carbocycles. The minimum atomic E-state index is 0.0496. The van der Waals surface area contributed by atoms with Gasteiger partial charge < -0.3 is 14.5 Å². The van der Waals surface area contributed by atoms with E-state index < -0.39 is 0 Å². The predicted molar refractivity (Wildman–Crippen MR) is 94.2 cm³/mol. The fourth-order valence-electron chi connectivity index (χ4n) is 3.42. The highest BCUT2D eigenvalue weighted by Crippen LogP contribution is 2.38. The van der Waals surface area contributed by atoms with E-state index in [0.29, 0.717) is 12.5 Å². The van der Waals surface area contributed by atoms with Gasteiger partial charge in [-0.15, -0.1) is 0 Å². The Kier molecular flexibility index (Phi) is 4.21. The lowest BCUT2D eigenvalue weighted by Gasteiger charge is -2.28. The number of hydrogen-bond acceptors (Lipinski definition) is 5. The molecule has 1 aliphatic heterocycles. The third-order valence-corrected chi connectivity index (χ3v) is 5.02. The molecule has 0 radical (unpaired) electrons. The number of nitrogens with zero attached hydrogens (tertiary/aromatic N) is 2. The number of rotatable bonds is 5. The fourth-order valence-corrected chi connectivity index (χ4v) is 3.42. The largest absolute Gasteiger partial charge is 0.497 e. The molecule has 6 heteroatoms. The zero-order chi connectivity index (χ0) is 17.4. The first-order chi connectivity index (χ1) is 12.2. The van der Waals surface area contributed by atoms with Crippen LogP contribution >= 0.6 is 0 Å². The minimum Gasteiger partial charge on any atom is -0.497 e. The van der Waals surface area contributed by atoms with E-state index >= 15 is 0 Å². The maximum absolute atomic E-state index is 12.3. The van der Waals surface area contributed by atoms with Crippen molar-refractivity contribution in [3.05, 3.63) is 51.2 Å². The van der Waals surface area contributed by atoms with Gasteiger partial charge in [0, 0.05) is 42.7 Å². The highest BCUT2D eigenvalue weighted by atomic mass is 16.5. The summed E-state index contributed by atoms with van der Waals surface area (Å²) in [5.74, 6) is 2.93. The Morgan fingerprint density at radius 2 is 2.12 bits per heavy atom. The van der Waals surface area contributed by atoms with Gasteiger partial charge in [-0.25, -0.2) is 4.98 Å². The van der Waals surface area contributed by atoms with Crippen LogP contribution in [0.3, 0.4) is 0 Å². The van der Waals surface area contributed by atoms with E-state index in [1.807, 2.05) is 18.2 Å². The third-order valence-electron chi connectivity index (χ3n) is 5.02. The number of nitrogens with one attached hydrogen (secondary N) is 1. The maximum atomic E-state index is 12.3. The van der Waals surface area contributed by atoms with Gasteiger partial charge in [0.15, 0.2) is 0 Å². The Bertz CT molecular complexity index is 842. The Labute approximate surface area is 146 Å². The molecule has 132 valence electrons. The Morgan fingerprint density at radius 1 is 1.28 bits per heavy atom. The van der Waals surface area contributed by atoms with Gasteiger partial charge in [0.1, 0.15) is 17.3 Å². The topological polar surface area (TPSA) is 67.5 Å². The van der Waals surface area contributed by atoms with Crippen molar-refractivity contribution in [2.24, 2.45) is 0 Å². The Morgan fingerprint density at radius 3 is 2.84 bits per heavy atom. The molecule has 2 aromatic rings. The first-order valence-electron chi connectivity index (χ1n) is 8.73. The fraction of sp³-hybridized carbons (Fsp3) is 0.474. The molecule has 1 N–H and O–H groups in total. The molecule has 2 heterocycles. The van der Waals surface area contributed by atoms with Crippen molar-refractivity contribution in [1.82, 2.24) is 14.9 Å². The number of hydrogen-bond donors (Lipinski definition) is 1. The third kappa shape index (κ3) is 3.26. The molecule has 0 amide bonds. The molecule has 25 heavy (non-hydrogen) atoms. The zero-order valence-electron chi connectivity index (χ0n) is 14.7. The molecular formula is C19H23N3O3. The van der Waals surface area contributed by atoms with E-state index in [9.17, 15) is 4.79 Å². The van der Waals surface area contributed by atoms with Crippen LogP contribution in [0.2, 0.25) is 0 Å². The van der Waals surface area contributed by atoms with E-state index in [4.69, 9.17) is 14.5 Å². The van der Waals surface area contributed by atoms with Crippen LogP contribution in [-0.2, 0) is 19.5 Å². The Balaban J connectivity index is 1.55. The summed E-state index contributed by atoms with van der Waals surface area (Å²) in [6, 6.07) is 5.89. The highest BCUT2D eigenvalue weighted by molar-refractivity contribution is 5.40. The van der Waals surface area contributed by atoms with Crippen molar-refractivity contribution in [2.75, 3.05) is 20.8 Å². The van der Waals surface area contributed by atoms with Crippen molar-refractivity contribution in [1.29, 1.82) is 0 Å². The summed E-state index contributed by atoms with van der Waals surface area (Å²) in [4.78, 5) is 22.3. The van der Waals surface area contributed by atoms with Crippen molar-refractivity contribution >= 4 is 0 Å². The molecule has 0 bridgehead atoms. The number of aromatic nitrogens is 2. The zero-order valence-corrected chi connectivity index (χ0v) is 14.7. The van der Waals surface area contributed by atoms with Crippen molar-refractivity contribution in [3.8, 4) is 11.5 Å². The average molecular weight is 341 g/mol. The van der Waals surface area contributed by atoms with Crippen LogP contribution < -0.4 is 15.0 Å². The maximum Gasteiger partial charge on any atom is 0.254 e. The number of fused-ring (bicyclic) bond motifs is 1. The van der Waals surface area contributed by atoms with Crippen LogP contribution in [0.5, 0.6) is 11.5 Å². The first-order valence-corrected chi connectivity index (χ1v) is 8.73. The summed E-state index contributed by atoms with van der Waals surface area (Å²) in [6.45, 7) is 2.31. The molecule has 0 atom stereocenters. The monoisotopic (exact) mass is 341 g/mol. The lowest BCUT2D eigenvalue weighted by Crippen LogP contribution is -2.35. The average Bonchev–Trinajstić information content (AvgIpc) is 3.47. The number of ether oxygens (including phenoxy) is 2. The van der Waals surface area contributed by atoms with Crippen LogP contribution in [0.4, 0.5) is 0 Å². The van der Waals surface area contributed by atoms with E-state index in [2.05, 4.69) is 9.88 Å². The molecule has 1 aliphatic carbocycles. The summed E-state index contributed by atoms with van der Waals surface area (Å²) >= 11 is 0. The van der Waals surface area contributed by atoms with Crippen LogP contribution in [-0.4, -0.2) is 35.6 Å². The second-order valence-electron chi connectivity index (χ2n) is 6.79. The summed E-state index contributed by atoms with van der Waals surface area (Å²) in [6.07, 6.45) is 3.00. The molecule has 0 saturated heterocycles. The molecule has 0 spiro atoms. The molecular weight excluding hydrogens is 318 g/mol. The van der Waals surface area contributed by atoms with E-state index in [-0.39, 0.29) is 5.56 Å². The van der Waals surface area contributed by atoms with Crippen molar-refractivity contribution < 1.29 is 9.47 Å². The van der Waals surface area contributed by atoms with Crippen molar-refractivity contribution in [3.63, 3.8) is 0 Å². The van der Waals surface area contributed by atoms with Gasteiger partial charge in [0.2, 0.25) is 0 Å². The van der Waals surface area contributed by atoms with E-state index in [1.54, 1.807) is 14.2 Å². The van der Waals surface area contributed by atoms with E-state index in [0.717, 1.165) is 66.5 Å². The predicted octanol–water partition coefficient (Wildman–Crippen LogP) is 2.22. The number of H-pyrrole nitrogens is 1. The lowest BCUT2D eigenvalue weighted by molar-refractivity contribution is 0.236. The molecule has 0 unspecified atom stereocenters. The number of methoxy groups -OCH3 is 2. The molecule has 2 aliphatic rings. The molecule has 1 fully saturated rings. The molecule has 1 aromatic heterocycles. The van der Waals surface area contributed by atoms with E-state index in [1.165, 1.54) is 0 Å². The van der Waals surface area contributed by atoms with Crippen LogP contribution in [0, 0.1) is 0 Å². The second-order valence-corrected chi connectivity index (χ2v) is 6.79.